The Bertz CT molecular complexity index is 646. The summed E-state index contributed by atoms with van der Waals surface area (Å²) in [6, 6.07) is 2.82. The number of benzene rings is 1. The highest BCUT2D eigenvalue weighted by Gasteiger charge is 2.11. The summed E-state index contributed by atoms with van der Waals surface area (Å²) in [6.45, 7) is 4.46. The predicted octanol–water partition coefficient (Wildman–Crippen LogP) is 3.63. The van der Waals surface area contributed by atoms with Gasteiger partial charge in [-0.1, -0.05) is 6.92 Å². The number of nitrogens with zero attached hydrogens (tertiary/aromatic N) is 2. The second-order valence-electron chi connectivity index (χ2n) is 4.31. The minimum Gasteiger partial charge on any atom is -0.370 e. The first-order valence-corrected chi connectivity index (χ1v) is 6.56. The smallest absolute Gasteiger partial charge is 0.161 e. The maximum atomic E-state index is 13.6. The molecule has 2 N–H and O–H groups in total. The van der Waals surface area contributed by atoms with Gasteiger partial charge in [0.25, 0.3) is 0 Å². The van der Waals surface area contributed by atoms with E-state index < -0.39 is 17.5 Å². The molecule has 0 bridgehead atoms. The Kier molecular flexibility index (Phi) is 4.62. The van der Waals surface area contributed by atoms with E-state index in [1.807, 2.05) is 13.8 Å². The molecule has 112 valence electrons. The molecule has 0 fully saturated rings. The molecule has 1 aromatic carbocycles. The van der Waals surface area contributed by atoms with Crippen LogP contribution < -0.4 is 10.6 Å². The fourth-order valence-electron chi connectivity index (χ4n) is 1.75. The SMILES string of the molecule is CCNc1cc(Nc2cc(F)c(F)cc2F)nc(CC)n1. The van der Waals surface area contributed by atoms with E-state index in [2.05, 4.69) is 20.6 Å². The number of rotatable bonds is 5. The number of aryl methyl sites for hydroxylation is 1. The van der Waals surface area contributed by atoms with Gasteiger partial charge in [-0.15, -0.1) is 0 Å². The van der Waals surface area contributed by atoms with E-state index in [1.54, 1.807) is 6.07 Å². The van der Waals surface area contributed by atoms with Gasteiger partial charge < -0.3 is 10.6 Å². The van der Waals surface area contributed by atoms with Gasteiger partial charge in [-0.25, -0.2) is 23.1 Å². The Morgan fingerprint density at radius 1 is 0.905 bits per heavy atom. The van der Waals surface area contributed by atoms with Crippen LogP contribution in [0.15, 0.2) is 18.2 Å². The zero-order chi connectivity index (χ0) is 15.4. The molecule has 2 rings (SSSR count). The summed E-state index contributed by atoms with van der Waals surface area (Å²) in [4.78, 5) is 8.42. The number of anilines is 3. The van der Waals surface area contributed by atoms with Crippen LogP contribution in [0.1, 0.15) is 19.7 Å². The van der Waals surface area contributed by atoms with Crippen molar-refractivity contribution >= 4 is 17.3 Å². The Morgan fingerprint density at radius 3 is 2.24 bits per heavy atom. The predicted molar refractivity (Wildman–Crippen MR) is 75.2 cm³/mol. The van der Waals surface area contributed by atoms with Gasteiger partial charge in [0.2, 0.25) is 0 Å². The van der Waals surface area contributed by atoms with Crippen LogP contribution in [0.5, 0.6) is 0 Å². The second-order valence-corrected chi connectivity index (χ2v) is 4.31. The summed E-state index contributed by atoms with van der Waals surface area (Å²) >= 11 is 0. The Labute approximate surface area is 120 Å². The average Bonchev–Trinajstić information content (AvgIpc) is 2.45. The van der Waals surface area contributed by atoms with Gasteiger partial charge in [0.15, 0.2) is 11.6 Å². The van der Waals surface area contributed by atoms with E-state index in [4.69, 9.17) is 0 Å². The molecule has 7 heteroatoms. The fraction of sp³-hybridized carbons (Fsp3) is 0.286. The number of hydrogen-bond acceptors (Lipinski definition) is 4. The van der Waals surface area contributed by atoms with Gasteiger partial charge >= 0.3 is 0 Å². The highest BCUT2D eigenvalue weighted by molar-refractivity contribution is 5.60. The van der Waals surface area contributed by atoms with Gasteiger partial charge in [0, 0.05) is 31.2 Å². The fourth-order valence-corrected chi connectivity index (χ4v) is 1.75. The lowest BCUT2D eigenvalue weighted by molar-refractivity contribution is 0.496. The van der Waals surface area contributed by atoms with Crippen LogP contribution in [-0.2, 0) is 6.42 Å². The zero-order valence-electron chi connectivity index (χ0n) is 11.7. The van der Waals surface area contributed by atoms with Crippen molar-refractivity contribution < 1.29 is 13.2 Å². The van der Waals surface area contributed by atoms with Crippen molar-refractivity contribution in [1.82, 2.24) is 9.97 Å². The summed E-state index contributed by atoms with van der Waals surface area (Å²) in [5.74, 6) is -1.81. The molecule has 0 saturated heterocycles. The van der Waals surface area contributed by atoms with Crippen LogP contribution >= 0.6 is 0 Å². The lowest BCUT2D eigenvalue weighted by Gasteiger charge is -2.11. The van der Waals surface area contributed by atoms with Crippen LogP contribution in [0, 0.1) is 17.5 Å². The maximum absolute atomic E-state index is 13.6. The van der Waals surface area contributed by atoms with E-state index in [0.717, 1.165) is 6.07 Å². The van der Waals surface area contributed by atoms with E-state index >= 15 is 0 Å². The monoisotopic (exact) mass is 296 g/mol. The van der Waals surface area contributed by atoms with Crippen molar-refractivity contribution in [2.45, 2.75) is 20.3 Å². The average molecular weight is 296 g/mol. The third-order valence-electron chi connectivity index (χ3n) is 2.72. The molecular weight excluding hydrogens is 281 g/mol. The molecule has 0 aliphatic rings. The number of hydrogen-bond donors (Lipinski definition) is 2. The van der Waals surface area contributed by atoms with Gasteiger partial charge in [-0.2, -0.15) is 0 Å². The molecular formula is C14H15F3N4. The molecule has 1 aromatic heterocycles. The number of halogens is 3. The third-order valence-corrected chi connectivity index (χ3v) is 2.72. The molecule has 0 unspecified atom stereocenters. The Morgan fingerprint density at radius 2 is 1.57 bits per heavy atom. The summed E-state index contributed by atoms with van der Waals surface area (Å²) in [6.07, 6.45) is 0.591. The molecule has 0 aliphatic heterocycles. The summed E-state index contributed by atoms with van der Waals surface area (Å²) in [5.41, 5.74) is -0.183. The molecule has 0 aliphatic carbocycles. The summed E-state index contributed by atoms with van der Waals surface area (Å²) in [5, 5.41) is 5.67. The maximum Gasteiger partial charge on any atom is 0.161 e. The van der Waals surface area contributed by atoms with E-state index in [-0.39, 0.29) is 5.69 Å². The molecule has 1 heterocycles. The molecule has 0 amide bonds. The second kappa shape index (κ2) is 6.43. The molecule has 4 nitrogen and oxygen atoms in total. The molecule has 0 radical (unpaired) electrons. The van der Waals surface area contributed by atoms with Crippen molar-refractivity contribution in [2.24, 2.45) is 0 Å². The van der Waals surface area contributed by atoms with Crippen LogP contribution in [-0.4, -0.2) is 16.5 Å². The van der Waals surface area contributed by atoms with Crippen molar-refractivity contribution in [3.05, 3.63) is 41.5 Å². The van der Waals surface area contributed by atoms with Gasteiger partial charge in [-0.3, -0.25) is 0 Å². The van der Waals surface area contributed by atoms with Gasteiger partial charge in [0.1, 0.15) is 23.3 Å². The van der Waals surface area contributed by atoms with Crippen LogP contribution in [0.25, 0.3) is 0 Å². The molecule has 21 heavy (non-hydrogen) atoms. The van der Waals surface area contributed by atoms with E-state index in [0.29, 0.717) is 36.5 Å². The molecule has 2 aromatic rings. The van der Waals surface area contributed by atoms with Crippen molar-refractivity contribution in [2.75, 3.05) is 17.2 Å². The third kappa shape index (κ3) is 3.62. The van der Waals surface area contributed by atoms with Gasteiger partial charge in [-0.05, 0) is 6.92 Å². The number of nitrogens with one attached hydrogen (secondary N) is 2. The van der Waals surface area contributed by atoms with Crippen molar-refractivity contribution in [3.63, 3.8) is 0 Å². The zero-order valence-corrected chi connectivity index (χ0v) is 11.7. The lowest BCUT2D eigenvalue weighted by atomic mass is 10.2. The molecule has 0 atom stereocenters. The summed E-state index contributed by atoms with van der Waals surface area (Å²) < 4.78 is 39.7. The molecule has 0 spiro atoms. The van der Waals surface area contributed by atoms with Crippen molar-refractivity contribution in [1.29, 1.82) is 0 Å². The van der Waals surface area contributed by atoms with Gasteiger partial charge in [0.05, 0.1) is 5.69 Å². The first-order valence-electron chi connectivity index (χ1n) is 6.56. The van der Waals surface area contributed by atoms with Crippen LogP contribution in [0.4, 0.5) is 30.5 Å². The van der Waals surface area contributed by atoms with E-state index in [9.17, 15) is 13.2 Å². The lowest BCUT2D eigenvalue weighted by Crippen LogP contribution is -2.06. The highest BCUT2D eigenvalue weighted by atomic mass is 19.2. The summed E-state index contributed by atoms with van der Waals surface area (Å²) in [7, 11) is 0. The number of aromatic nitrogens is 2. The first-order chi connectivity index (χ1) is 10.0. The Balaban J connectivity index is 2.34. The highest BCUT2D eigenvalue weighted by Crippen LogP contribution is 2.23. The van der Waals surface area contributed by atoms with Crippen molar-refractivity contribution in [3.8, 4) is 0 Å². The molecule has 0 saturated carbocycles. The normalized spacial score (nSPS) is 10.5. The standard InChI is InChI=1S/C14H15F3N4/c1-3-12-20-13(18-4-2)7-14(21-12)19-11-6-9(16)8(15)5-10(11)17/h5-7H,3-4H2,1-2H3,(H2,18,19,20,21). The van der Waals surface area contributed by atoms with E-state index in [1.165, 1.54) is 0 Å². The Hall–Kier alpha value is -2.31. The quantitative estimate of drug-likeness (QED) is 0.827. The topological polar surface area (TPSA) is 49.8 Å². The first kappa shape index (κ1) is 15.1. The van der Waals surface area contributed by atoms with Crippen LogP contribution in [0.3, 0.4) is 0 Å². The van der Waals surface area contributed by atoms with Crippen LogP contribution in [0.2, 0.25) is 0 Å². The largest absolute Gasteiger partial charge is 0.370 e. The minimum absolute atomic E-state index is 0.183. The minimum atomic E-state index is -1.23.